The van der Waals surface area contributed by atoms with Crippen molar-refractivity contribution in [3.63, 3.8) is 0 Å². The molecule has 1 aliphatic rings. The van der Waals surface area contributed by atoms with Crippen LogP contribution in [0.1, 0.15) is 39.0 Å². The third-order valence-corrected chi connectivity index (χ3v) is 4.33. The van der Waals surface area contributed by atoms with Crippen LogP contribution < -0.4 is 15.0 Å². The van der Waals surface area contributed by atoms with Gasteiger partial charge in [0.05, 0.1) is 12.8 Å². The average Bonchev–Trinajstić information content (AvgIpc) is 2.47. The number of aromatic nitrogens is 1. The van der Waals surface area contributed by atoms with Crippen molar-refractivity contribution < 1.29 is 4.74 Å². The number of methoxy groups -OCH3 is 1. The van der Waals surface area contributed by atoms with Gasteiger partial charge < -0.3 is 15.0 Å². The molecule has 0 radical (unpaired) electrons. The molecule has 4 nitrogen and oxygen atoms in total. The zero-order valence-electron chi connectivity index (χ0n) is 13.1. The Morgan fingerprint density at radius 3 is 2.75 bits per heavy atom. The summed E-state index contributed by atoms with van der Waals surface area (Å²) in [5, 5.41) is 3.72. The SMILES string of the molecule is CCC1CCCCC1Nc1c(N(C)C)ccnc1OC. The predicted molar refractivity (Wildman–Crippen MR) is 84.8 cm³/mol. The number of nitrogens with one attached hydrogen (secondary N) is 1. The van der Waals surface area contributed by atoms with E-state index in [1.54, 1.807) is 13.3 Å². The van der Waals surface area contributed by atoms with E-state index in [-0.39, 0.29) is 0 Å². The highest BCUT2D eigenvalue weighted by molar-refractivity contribution is 5.74. The van der Waals surface area contributed by atoms with E-state index in [0.29, 0.717) is 11.9 Å². The summed E-state index contributed by atoms with van der Waals surface area (Å²) in [6.45, 7) is 2.29. The van der Waals surface area contributed by atoms with Gasteiger partial charge in [0.2, 0.25) is 5.88 Å². The average molecular weight is 277 g/mol. The minimum absolute atomic E-state index is 0.533. The number of anilines is 2. The molecule has 0 saturated heterocycles. The number of hydrogen-bond donors (Lipinski definition) is 1. The Hall–Kier alpha value is -1.45. The Balaban J connectivity index is 2.26. The summed E-state index contributed by atoms with van der Waals surface area (Å²) >= 11 is 0. The van der Waals surface area contributed by atoms with Gasteiger partial charge in [-0.15, -0.1) is 0 Å². The first kappa shape index (κ1) is 14.9. The van der Waals surface area contributed by atoms with E-state index in [1.165, 1.54) is 32.1 Å². The van der Waals surface area contributed by atoms with E-state index >= 15 is 0 Å². The Labute approximate surface area is 122 Å². The van der Waals surface area contributed by atoms with Gasteiger partial charge in [-0.3, -0.25) is 0 Å². The Kier molecular flexibility index (Phi) is 5.10. The lowest BCUT2D eigenvalue weighted by Crippen LogP contribution is -2.32. The standard InChI is InChI=1S/C16H27N3O/c1-5-12-8-6-7-9-13(12)18-15-14(19(2)3)10-11-17-16(15)20-4/h10-13,18H,5-9H2,1-4H3. The van der Waals surface area contributed by atoms with Crippen LogP contribution in [0.5, 0.6) is 5.88 Å². The van der Waals surface area contributed by atoms with Crippen molar-refractivity contribution >= 4 is 11.4 Å². The van der Waals surface area contributed by atoms with Crippen LogP contribution in [0.2, 0.25) is 0 Å². The highest BCUT2D eigenvalue weighted by atomic mass is 16.5. The van der Waals surface area contributed by atoms with E-state index in [0.717, 1.165) is 17.3 Å². The summed E-state index contributed by atoms with van der Waals surface area (Å²) in [7, 11) is 5.79. The highest BCUT2D eigenvalue weighted by Crippen LogP contribution is 2.36. The van der Waals surface area contributed by atoms with Gasteiger partial charge in [0, 0.05) is 26.3 Å². The van der Waals surface area contributed by atoms with E-state index < -0.39 is 0 Å². The molecule has 0 aliphatic heterocycles. The van der Waals surface area contributed by atoms with Gasteiger partial charge in [-0.05, 0) is 24.8 Å². The normalized spacial score (nSPS) is 22.4. The number of rotatable bonds is 5. The molecule has 1 aromatic heterocycles. The maximum Gasteiger partial charge on any atom is 0.239 e. The molecule has 1 heterocycles. The fourth-order valence-electron chi connectivity index (χ4n) is 3.17. The molecule has 0 spiro atoms. The van der Waals surface area contributed by atoms with Crippen molar-refractivity contribution in [2.45, 2.75) is 45.1 Å². The van der Waals surface area contributed by atoms with Crippen molar-refractivity contribution in [2.24, 2.45) is 5.92 Å². The van der Waals surface area contributed by atoms with Crippen molar-refractivity contribution in [1.82, 2.24) is 4.98 Å². The van der Waals surface area contributed by atoms with Gasteiger partial charge in [0.15, 0.2) is 0 Å². The lowest BCUT2D eigenvalue weighted by Gasteiger charge is -2.33. The van der Waals surface area contributed by atoms with Crippen molar-refractivity contribution in [1.29, 1.82) is 0 Å². The second-order valence-electron chi connectivity index (χ2n) is 5.81. The maximum absolute atomic E-state index is 5.45. The third-order valence-electron chi connectivity index (χ3n) is 4.33. The van der Waals surface area contributed by atoms with Crippen LogP contribution in [-0.4, -0.2) is 32.2 Å². The Morgan fingerprint density at radius 2 is 2.10 bits per heavy atom. The second kappa shape index (κ2) is 6.82. The molecule has 4 heteroatoms. The van der Waals surface area contributed by atoms with Crippen LogP contribution in [-0.2, 0) is 0 Å². The van der Waals surface area contributed by atoms with Crippen LogP contribution >= 0.6 is 0 Å². The highest BCUT2D eigenvalue weighted by Gasteiger charge is 2.25. The van der Waals surface area contributed by atoms with Crippen molar-refractivity contribution in [3.05, 3.63) is 12.3 Å². The van der Waals surface area contributed by atoms with Crippen LogP contribution in [0.25, 0.3) is 0 Å². The topological polar surface area (TPSA) is 37.4 Å². The van der Waals surface area contributed by atoms with Crippen LogP contribution in [0, 0.1) is 5.92 Å². The van der Waals surface area contributed by atoms with Gasteiger partial charge in [-0.1, -0.05) is 26.2 Å². The van der Waals surface area contributed by atoms with E-state index in [4.69, 9.17) is 4.74 Å². The number of hydrogen-bond acceptors (Lipinski definition) is 4. The zero-order chi connectivity index (χ0) is 14.5. The monoisotopic (exact) mass is 277 g/mol. The zero-order valence-corrected chi connectivity index (χ0v) is 13.1. The summed E-state index contributed by atoms with van der Waals surface area (Å²) in [6.07, 6.45) is 8.28. The summed E-state index contributed by atoms with van der Waals surface area (Å²) in [5.41, 5.74) is 2.17. The molecule has 0 aromatic carbocycles. The third kappa shape index (κ3) is 3.17. The minimum atomic E-state index is 0.533. The minimum Gasteiger partial charge on any atom is -0.479 e. The van der Waals surface area contributed by atoms with Crippen LogP contribution in [0.15, 0.2) is 12.3 Å². The molecule has 112 valence electrons. The van der Waals surface area contributed by atoms with Crippen molar-refractivity contribution in [3.8, 4) is 5.88 Å². The molecule has 1 fully saturated rings. The summed E-state index contributed by atoms with van der Waals surface area (Å²) < 4.78 is 5.45. The predicted octanol–water partition coefficient (Wildman–Crippen LogP) is 3.54. The molecule has 2 atom stereocenters. The quantitative estimate of drug-likeness (QED) is 0.893. The van der Waals surface area contributed by atoms with Crippen LogP contribution in [0.3, 0.4) is 0 Å². The number of pyridine rings is 1. The molecule has 1 saturated carbocycles. The van der Waals surface area contributed by atoms with Gasteiger partial charge in [-0.2, -0.15) is 0 Å². The lowest BCUT2D eigenvalue weighted by atomic mass is 9.83. The molecule has 20 heavy (non-hydrogen) atoms. The first-order valence-corrected chi connectivity index (χ1v) is 7.64. The molecule has 1 aliphatic carbocycles. The van der Waals surface area contributed by atoms with E-state index in [9.17, 15) is 0 Å². The van der Waals surface area contributed by atoms with Crippen molar-refractivity contribution in [2.75, 3.05) is 31.4 Å². The Morgan fingerprint density at radius 1 is 1.35 bits per heavy atom. The molecule has 1 aromatic rings. The maximum atomic E-state index is 5.45. The summed E-state index contributed by atoms with van der Waals surface area (Å²) in [4.78, 5) is 6.45. The number of ether oxygens (including phenoxy) is 1. The summed E-state index contributed by atoms with van der Waals surface area (Å²) in [6, 6.07) is 2.57. The van der Waals surface area contributed by atoms with E-state index in [2.05, 4.69) is 36.2 Å². The van der Waals surface area contributed by atoms with Gasteiger partial charge >= 0.3 is 0 Å². The molecule has 2 rings (SSSR count). The van der Waals surface area contributed by atoms with Gasteiger partial charge in [0.1, 0.15) is 5.69 Å². The van der Waals surface area contributed by atoms with E-state index in [1.807, 2.05) is 6.07 Å². The molecule has 0 amide bonds. The number of nitrogens with zero attached hydrogens (tertiary/aromatic N) is 2. The Bertz CT molecular complexity index is 434. The van der Waals surface area contributed by atoms with Gasteiger partial charge in [0.25, 0.3) is 0 Å². The molecule has 0 bridgehead atoms. The summed E-state index contributed by atoms with van der Waals surface area (Å²) in [5.74, 6) is 1.44. The van der Waals surface area contributed by atoms with Crippen LogP contribution in [0.4, 0.5) is 11.4 Å². The fourth-order valence-corrected chi connectivity index (χ4v) is 3.17. The largest absolute Gasteiger partial charge is 0.479 e. The first-order valence-electron chi connectivity index (χ1n) is 7.64. The molecule has 1 N–H and O–H groups in total. The first-order chi connectivity index (χ1) is 9.67. The molecular weight excluding hydrogens is 250 g/mol. The molecule has 2 unspecified atom stereocenters. The lowest BCUT2D eigenvalue weighted by molar-refractivity contribution is 0.315. The second-order valence-corrected chi connectivity index (χ2v) is 5.81. The van der Waals surface area contributed by atoms with Gasteiger partial charge in [-0.25, -0.2) is 4.98 Å². The molecular formula is C16H27N3O. The fraction of sp³-hybridized carbons (Fsp3) is 0.688. The smallest absolute Gasteiger partial charge is 0.239 e.